The van der Waals surface area contributed by atoms with Crippen LogP contribution in [0.5, 0.6) is 11.5 Å². The van der Waals surface area contributed by atoms with Crippen LogP contribution in [-0.4, -0.2) is 44.3 Å². The van der Waals surface area contributed by atoms with E-state index in [-0.39, 0.29) is 23.8 Å². The lowest BCUT2D eigenvalue weighted by Crippen LogP contribution is -2.50. The van der Waals surface area contributed by atoms with Gasteiger partial charge >= 0.3 is 0 Å². The van der Waals surface area contributed by atoms with Crippen molar-refractivity contribution in [3.8, 4) is 11.5 Å². The van der Waals surface area contributed by atoms with Gasteiger partial charge in [-0.2, -0.15) is 0 Å². The zero-order chi connectivity index (χ0) is 23.6. The summed E-state index contributed by atoms with van der Waals surface area (Å²) in [6.45, 7) is 5.55. The number of methoxy groups -OCH3 is 1. The van der Waals surface area contributed by atoms with E-state index in [1.165, 1.54) is 0 Å². The highest BCUT2D eigenvalue weighted by atomic mass is 16.5. The molecule has 0 radical (unpaired) electrons. The fourth-order valence-electron chi connectivity index (χ4n) is 3.71. The molecule has 0 aromatic heterocycles. The van der Waals surface area contributed by atoms with Crippen LogP contribution in [0.15, 0.2) is 48.5 Å². The zero-order valence-electron chi connectivity index (χ0n) is 19.6. The zero-order valence-corrected chi connectivity index (χ0v) is 19.6. The second-order valence-corrected chi connectivity index (χ2v) is 8.35. The Morgan fingerprint density at radius 1 is 1.15 bits per heavy atom. The van der Waals surface area contributed by atoms with E-state index >= 15 is 0 Å². The van der Waals surface area contributed by atoms with Crippen molar-refractivity contribution in [2.24, 2.45) is 5.92 Å². The summed E-state index contributed by atoms with van der Waals surface area (Å²) in [6.07, 6.45) is 2.95. The number of carbonyl (C=O) groups excluding carboxylic acids is 2. The molecule has 7 nitrogen and oxygen atoms in total. The molecular formula is C26H34N2O5. The van der Waals surface area contributed by atoms with Crippen LogP contribution in [0.3, 0.4) is 0 Å². The van der Waals surface area contributed by atoms with E-state index < -0.39 is 6.04 Å². The maximum atomic E-state index is 13.0. The van der Waals surface area contributed by atoms with Crippen LogP contribution in [0, 0.1) is 5.92 Å². The molecule has 3 atom stereocenters. The fraction of sp³-hybridized carbons (Fsp3) is 0.462. The minimum Gasteiger partial charge on any atom is -0.493 e. The minimum absolute atomic E-state index is 0.0132. The van der Waals surface area contributed by atoms with Gasteiger partial charge in [-0.25, -0.2) is 0 Å². The van der Waals surface area contributed by atoms with Crippen molar-refractivity contribution in [2.75, 3.05) is 20.3 Å². The second kappa shape index (κ2) is 12.3. The van der Waals surface area contributed by atoms with E-state index in [1.807, 2.05) is 38.1 Å². The van der Waals surface area contributed by atoms with Crippen LogP contribution in [0.25, 0.3) is 0 Å². The molecule has 1 aliphatic rings. The summed E-state index contributed by atoms with van der Waals surface area (Å²) in [4.78, 5) is 25.6. The molecular weight excluding hydrogens is 420 g/mol. The Balaban J connectivity index is 1.59. The lowest BCUT2D eigenvalue weighted by Gasteiger charge is -2.24. The van der Waals surface area contributed by atoms with Crippen molar-refractivity contribution in [3.05, 3.63) is 59.7 Å². The molecule has 0 spiro atoms. The van der Waals surface area contributed by atoms with Crippen molar-refractivity contribution >= 4 is 11.8 Å². The third-order valence-corrected chi connectivity index (χ3v) is 5.96. The molecule has 2 N–H and O–H groups in total. The number of benzene rings is 2. The predicted molar refractivity (Wildman–Crippen MR) is 126 cm³/mol. The summed E-state index contributed by atoms with van der Waals surface area (Å²) < 4.78 is 17.0. The Hall–Kier alpha value is -3.06. The number of carbonyl (C=O) groups is 2. The lowest BCUT2D eigenvalue weighted by atomic mass is 9.97. The first-order valence-corrected chi connectivity index (χ1v) is 11.6. The molecule has 1 fully saturated rings. The highest BCUT2D eigenvalue weighted by molar-refractivity contribution is 5.97. The lowest BCUT2D eigenvalue weighted by molar-refractivity contribution is -0.124. The molecule has 1 saturated heterocycles. The van der Waals surface area contributed by atoms with Crippen molar-refractivity contribution < 1.29 is 23.8 Å². The van der Waals surface area contributed by atoms with Crippen LogP contribution in [0.2, 0.25) is 0 Å². The average Bonchev–Trinajstić information content (AvgIpc) is 3.38. The van der Waals surface area contributed by atoms with E-state index in [1.54, 1.807) is 31.4 Å². The molecule has 2 aromatic carbocycles. The van der Waals surface area contributed by atoms with Gasteiger partial charge in [-0.3, -0.25) is 9.59 Å². The van der Waals surface area contributed by atoms with E-state index in [0.717, 1.165) is 31.4 Å². The average molecular weight is 455 g/mol. The van der Waals surface area contributed by atoms with Crippen LogP contribution in [-0.2, 0) is 16.1 Å². The molecule has 2 aromatic rings. The summed E-state index contributed by atoms with van der Waals surface area (Å²) in [5.74, 6) is 0.767. The maximum absolute atomic E-state index is 13.0. The standard InChI is InChI=1S/C26H34N2O5/c1-4-18(2)24(28-25(29)20-9-6-5-7-10-20)26(30)27-16-19-12-13-22(23(15-19)31-3)33-17-21-11-8-14-32-21/h5-7,9-10,12-13,15,18,21,24H,4,8,11,14,16-17H2,1-3H3,(H,27,30)(H,28,29). The van der Waals surface area contributed by atoms with Gasteiger partial charge in [0.2, 0.25) is 5.91 Å². The summed E-state index contributed by atoms with van der Waals surface area (Å²) in [5.41, 5.74) is 1.41. The van der Waals surface area contributed by atoms with Gasteiger partial charge in [-0.1, -0.05) is 44.5 Å². The van der Waals surface area contributed by atoms with Gasteiger partial charge in [-0.15, -0.1) is 0 Å². The summed E-state index contributed by atoms with van der Waals surface area (Å²) in [6, 6.07) is 13.9. The van der Waals surface area contributed by atoms with Crippen LogP contribution in [0.1, 0.15) is 49.0 Å². The molecule has 1 aliphatic heterocycles. The first-order chi connectivity index (χ1) is 16.0. The van der Waals surface area contributed by atoms with Crippen molar-refractivity contribution in [1.29, 1.82) is 0 Å². The van der Waals surface area contributed by atoms with Crippen molar-refractivity contribution in [1.82, 2.24) is 10.6 Å². The highest BCUT2D eigenvalue weighted by Gasteiger charge is 2.26. The topological polar surface area (TPSA) is 85.9 Å². The van der Waals surface area contributed by atoms with Crippen LogP contribution in [0.4, 0.5) is 0 Å². The number of nitrogens with one attached hydrogen (secondary N) is 2. The molecule has 3 unspecified atom stereocenters. The van der Waals surface area contributed by atoms with Gasteiger partial charge in [0.15, 0.2) is 11.5 Å². The summed E-state index contributed by atoms with van der Waals surface area (Å²) in [7, 11) is 1.59. The Bertz CT molecular complexity index is 912. The van der Waals surface area contributed by atoms with Gasteiger partial charge < -0.3 is 24.8 Å². The molecule has 2 amide bonds. The molecule has 33 heavy (non-hydrogen) atoms. The maximum Gasteiger partial charge on any atom is 0.251 e. The Kier molecular flexibility index (Phi) is 9.13. The largest absolute Gasteiger partial charge is 0.493 e. The molecule has 178 valence electrons. The van der Waals surface area contributed by atoms with Gasteiger partial charge in [0.25, 0.3) is 5.91 Å². The van der Waals surface area contributed by atoms with Gasteiger partial charge in [-0.05, 0) is 48.6 Å². The summed E-state index contributed by atoms with van der Waals surface area (Å²) in [5, 5.41) is 5.84. The molecule has 0 aliphatic carbocycles. The van der Waals surface area contributed by atoms with Gasteiger partial charge in [0.1, 0.15) is 12.6 Å². The normalized spacial score (nSPS) is 17.1. The van der Waals surface area contributed by atoms with Gasteiger partial charge in [0, 0.05) is 18.7 Å². The summed E-state index contributed by atoms with van der Waals surface area (Å²) >= 11 is 0. The third-order valence-electron chi connectivity index (χ3n) is 5.96. The molecule has 0 bridgehead atoms. The number of hydrogen-bond donors (Lipinski definition) is 2. The number of hydrogen-bond acceptors (Lipinski definition) is 5. The SMILES string of the molecule is CCC(C)C(NC(=O)c1ccccc1)C(=O)NCc1ccc(OCC2CCCO2)c(OC)c1. The van der Waals surface area contributed by atoms with Gasteiger partial charge in [0.05, 0.1) is 13.2 Å². The monoisotopic (exact) mass is 454 g/mol. The van der Waals surface area contributed by atoms with Crippen molar-refractivity contribution in [3.63, 3.8) is 0 Å². The smallest absolute Gasteiger partial charge is 0.251 e. The van der Waals surface area contributed by atoms with E-state index in [9.17, 15) is 9.59 Å². The fourth-order valence-corrected chi connectivity index (χ4v) is 3.71. The Morgan fingerprint density at radius 3 is 2.61 bits per heavy atom. The molecule has 3 rings (SSSR count). The van der Waals surface area contributed by atoms with Crippen LogP contribution < -0.4 is 20.1 Å². The quantitative estimate of drug-likeness (QED) is 0.541. The second-order valence-electron chi connectivity index (χ2n) is 8.35. The Labute approximate surface area is 195 Å². The molecule has 0 saturated carbocycles. The van der Waals surface area contributed by atoms with E-state index in [4.69, 9.17) is 14.2 Å². The molecule has 7 heteroatoms. The first-order valence-electron chi connectivity index (χ1n) is 11.6. The third kappa shape index (κ3) is 6.96. The highest BCUT2D eigenvalue weighted by Crippen LogP contribution is 2.29. The van der Waals surface area contributed by atoms with E-state index in [2.05, 4.69) is 10.6 Å². The Morgan fingerprint density at radius 2 is 1.94 bits per heavy atom. The predicted octanol–water partition coefficient (Wildman–Crippen LogP) is 3.71. The van der Waals surface area contributed by atoms with E-state index in [0.29, 0.717) is 30.2 Å². The van der Waals surface area contributed by atoms with Crippen molar-refractivity contribution in [2.45, 2.75) is 51.8 Å². The number of ether oxygens (including phenoxy) is 3. The van der Waals surface area contributed by atoms with Crippen LogP contribution >= 0.6 is 0 Å². The minimum atomic E-state index is -0.626. The number of amides is 2. The number of rotatable bonds is 11. The first kappa shape index (κ1) is 24.6. The molecule has 1 heterocycles.